The zero-order valence-electron chi connectivity index (χ0n) is 10.3. The molecule has 6 heteroatoms. The number of hydrogen-bond donors (Lipinski definition) is 1. The molecule has 0 aromatic heterocycles. The van der Waals surface area contributed by atoms with Crippen molar-refractivity contribution in [3.8, 4) is 0 Å². The third-order valence-corrected chi connectivity index (χ3v) is 1.94. The minimum atomic E-state index is -2.18. The van der Waals surface area contributed by atoms with E-state index in [2.05, 4.69) is 6.58 Å². The highest BCUT2D eigenvalue weighted by molar-refractivity contribution is 5.51. The van der Waals surface area contributed by atoms with Gasteiger partial charge in [0.15, 0.2) is 23.3 Å². The molecular formula is C12H14F5N. The molecule has 1 nitrogen and oxygen atoms in total. The lowest BCUT2D eigenvalue weighted by atomic mass is 10.2. The minimum absolute atomic E-state index is 0.142. The molecule has 1 N–H and O–H groups in total. The van der Waals surface area contributed by atoms with Gasteiger partial charge >= 0.3 is 0 Å². The average molecular weight is 267 g/mol. The van der Waals surface area contributed by atoms with Crippen LogP contribution in [0.3, 0.4) is 0 Å². The van der Waals surface area contributed by atoms with Crippen molar-refractivity contribution in [3.63, 3.8) is 0 Å². The molecule has 0 aliphatic heterocycles. The fourth-order valence-electron chi connectivity index (χ4n) is 0.980. The van der Waals surface area contributed by atoms with Crippen molar-refractivity contribution >= 4 is 5.69 Å². The van der Waals surface area contributed by atoms with Crippen molar-refractivity contribution in [1.82, 2.24) is 0 Å². The van der Waals surface area contributed by atoms with E-state index in [1.54, 1.807) is 6.92 Å². The predicted molar refractivity (Wildman–Crippen MR) is 60.6 cm³/mol. The van der Waals surface area contributed by atoms with Crippen LogP contribution in [0.2, 0.25) is 0 Å². The van der Waals surface area contributed by atoms with Gasteiger partial charge in [-0.15, -0.1) is 0 Å². The van der Waals surface area contributed by atoms with Crippen LogP contribution in [0, 0.1) is 29.1 Å². The SMILES string of the molecule is C=C(CC)Nc1c(F)c(F)c(F)c(F)c1F.CC. The van der Waals surface area contributed by atoms with Crippen molar-refractivity contribution in [2.24, 2.45) is 0 Å². The number of benzene rings is 1. The zero-order chi connectivity index (χ0) is 14.5. The topological polar surface area (TPSA) is 12.0 Å². The Bertz CT molecular complexity index is 414. The van der Waals surface area contributed by atoms with E-state index in [0.717, 1.165) is 0 Å². The Hall–Kier alpha value is -1.59. The highest BCUT2D eigenvalue weighted by Gasteiger charge is 2.25. The molecule has 0 saturated heterocycles. The normalized spacial score (nSPS) is 9.56. The van der Waals surface area contributed by atoms with Crippen molar-refractivity contribution < 1.29 is 22.0 Å². The summed E-state index contributed by atoms with van der Waals surface area (Å²) in [7, 11) is 0. The van der Waals surface area contributed by atoms with Crippen molar-refractivity contribution in [1.29, 1.82) is 0 Å². The van der Waals surface area contributed by atoms with Gasteiger partial charge in [0.1, 0.15) is 5.69 Å². The predicted octanol–water partition coefficient (Wildman–Crippen LogP) is 4.74. The van der Waals surface area contributed by atoms with Gasteiger partial charge in [-0.05, 0) is 6.42 Å². The number of rotatable bonds is 3. The second-order valence-electron chi connectivity index (χ2n) is 3.03. The number of allylic oxidation sites excluding steroid dienone is 1. The smallest absolute Gasteiger partial charge is 0.200 e. The van der Waals surface area contributed by atoms with Crippen LogP contribution in [0.1, 0.15) is 27.2 Å². The second kappa shape index (κ2) is 6.98. The summed E-state index contributed by atoms with van der Waals surface area (Å²) in [6.07, 6.45) is 0.291. The maximum absolute atomic E-state index is 13.1. The molecule has 1 aromatic rings. The molecule has 1 aromatic carbocycles. The molecule has 0 aliphatic rings. The summed E-state index contributed by atoms with van der Waals surface area (Å²) < 4.78 is 64.2. The van der Waals surface area contributed by atoms with Crippen LogP contribution < -0.4 is 5.32 Å². The molecular weight excluding hydrogens is 253 g/mol. The van der Waals surface area contributed by atoms with Crippen LogP contribution >= 0.6 is 0 Å². The molecule has 18 heavy (non-hydrogen) atoms. The van der Waals surface area contributed by atoms with Crippen LogP contribution in [0.15, 0.2) is 12.3 Å². The van der Waals surface area contributed by atoms with E-state index >= 15 is 0 Å². The molecule has 102 valence electrons. The Balaban J connectivity index is 0.00000137. The van der Waals surface area contributed by atoms with Gasteiger partial charge in [0.2, 0.25) is 5.82 Å². The molecule has 0 aliphatic carbocycles. The summed E-state index contributed by atoms with van der Waals surface area (Å²) in [5, 5.41) is 2.05. The van der Waals surface area contributed by atoms with Crippen molar-refractivity contribution in [2.75, 3.05) is 5.32 Å². The van der Waals surface area contributed by atoms with Crippen LogP contribution in [0.4, 0.5) is 27.6 Å². The maximum Gasteiger partial charge on any atom is 0.200 e. The summed E-state index contributed by atoms with van der Waals surface area (Å²) in [6.45, 7) is 8.96. The molecule has 0 fully saturated rings. The molecule has 0 atom stereocenters. The fraction of sp³-hybridized carbons (Fsp3) is 0.333. The largest absolute Gasteiger partial charge is 0.355 e. The van der Waals surface area contributed by atoms with Crippen molar-refractivity contribution in [2.45, 2.75) is 27.2 Å². The van der Waals surface area contributed by atoms with Crippen LogP contribution in [-0.4, -0.2) is 0 Å². The summed E-state index contributed by atoms with van der Waals surface area (Å²) in [6, 6.07) is 0. The van der Waals surface area contributed by atoms with E-state index < -0.39 is 34.8 Å². The Morgan fingerprint density at radius 3 is 1.56 bits per heavy atom. The van der Waals surface area contributed by atoms with Gasteiger partial charge in [-0.2, -0.15) is 0 Å². The van der Waals surface area contributed by atoms with Gasteiger partial charge in [0, 0.05) is 5.70 Å². The van der Waals surface area contributed by atoms with Gasteiger partial charge in [-0.3, -0.25) is 0 Å². The molecule has 0 heterocycles. The highest BCUT2D eigenvalue weighted by Crippen LogP contribution is 2.28. The standard InChI is InChI=1S/C10H8F5N.C2H6/c1-3-4(2)16-10-8(14)6(12)5(11)7(13)9(10)15;1-2/h16H,2-3H2,1H3;1-2H3. The monoisotopic (exact) mass is 267 g/mol. The molecule has 0 saturated carbocycles. The molecule has 1 rings (SSSR count). The van der Waals surface area contributed by atoms with E-state index in [-0.39, 0.29) is 5.70 Å². The first-order valence-corrected chi connectivity index (χ1v) is 5.36. The Morgan fingerprint density at radius 1 is 0.889 bits per heavy atom. The van der Waals surface area contributed by atoms with Gasteiger partial charge in [0.25, 0.3) is 0 Å². The third kappa shape index (κ3) is 3.21. The molecule has 0 amide bonds. The Morgan fingerprint density at radius 2 is 1.22 bits per heavy atom. The summed E-state index contributed by atoms with van der Waals surface area (Å²) in [5.41, 5.74) is -0.938. The Labute approximate surface area is 102 Å². The average Bonchev–Trinajstić information content (AvgIpc) is 2.41. The molecule has 0 spiro atoms. The van der Waals surface area contributed by atoms with Crippen LogP contribution in [-0.2, 0) is 0 Å². The lowest BCUT2D eigenvalue weighted by Crippen LogP contribution is -2.08. The first-order chi connectivity index (χ1) is 8.40. The lowest BCUT2D eigenvalue weighted by Gasteiger charge is -2.11. The van der Waals surface area contributed by atoms with E-state index in [4.69, 9.17) is 0 Å². The first-order valence-electron chi connectivity index (χ1n) is 5.36. The van der Waals surface area contributed by atoms with E-state index in [0.29, 0.717) is 6.42 Å². The van der Waals surface area contributed by atoms with Crippen LogP contribution in [0.25, 0.3) is 0 Å². The molecule has 0 unspecified atom stereocenters. The maximum atomic E-state index is 13.1. The first kappa shape index (κ1) is 16.4. The number of nitrogens with one attached hydrogen (secondary N) is 1. The molecule has 0 bridgehead atoms. The number of halogens is 5. The summed E-state index contributed by atoms with van der Waals surface area (Å²) >= 11 is 0. The van der Waals surface area contributed by atoms with Gasteiger partial charge in [-0.25, -0.2) is 22.0 Å². The number of hydrogen-bond acceptors (Lipinski definition) is 1. The summed E-state index contributed by atoms with van der Waals surface area (Å²) in [5.74, 6) is -9.93. The zero-order valence-corrected chi connectivity index (χ0v) is 10.3. The summed E-state index contributed by atoms with van der Waals surface area (Å²) in [4.78, 5) is 0. The van der Waals surface area contributed by atoms with E-state index in [9.17, 15) is 22.0 Å². The second-order valence-corrected chi connectivity index (χ2v) is 3.03. The van der Waals surface area contributed by atoms with E-state index in [1.807, 2.05) is 19.2 Å². The van der Waals surface area contributed by atoms with Crippen molar-refractivity contribution in [3.05, 3.63) is 41.4 Å². The fourth-order valence-corrected chi connectivity index (χ4v) is 0.980. The Kier molecular flexibility index (Phi) is 6.36. The lowest BCUT2D eigenvalue weighted by molar-refractivity contribution is 0.381. The van der Waals surface area contributed by atoms with E-state index in [1.165, 1.54) is 0 Å². The van der Waals surface area contributed by atoms with Gasteiger partial charge in [-0.1, -0.05) is 27.4 Å². The highest BCUT2D eigenvalue weighted by atomic mass is 19.2. The minimum Gasteiger partial charge on any atom is -0.355 e. The molecule has 0 radical (unpaired) electrons. The van der Waals surface area contributed by atoms with Crippen LogP contribution in [0.5, 0.6) is 0 Å². The van der Waals surface area contributed by atoms with Gasteiger partial charge in [0.05, 0.1) is 0 Å². The third-order valence-electron chi connectivity index (χ3n) is 1.94. The number of anilines is 1. The van der Waals surface area contributed by atoms with Gasteiger partial charge < -0.3 is 5.32 Å². The quantitative estimate of drug-likeness (QED) is 0.473.